The van der Waals surface area contributed by atoms with E-state index < -0.39 is 66.6 Å². The summed E-state index contributed by atoms with van der Waals surface area (Å²) in [6.45, 7) is 2.37. The fourth-order valence-electron chi connectivity index (χ4n) is 2.80. The zero-order valence-corrected chi connectivity index (χ0v) is 18.4. The summed E-state index contributed by atoms with van der Waals surface area (Å²) < 4.78 is 53.0. The molecule has 1 aliphatic heterocycles. The number of ether oxygens (including phenoxy) is 1. The van der Waals surface area contributed by atoms with Crippen LogP contribution >= 0.6 is 23.9 Å². The summed E-state index contributed by atoms with van der Waals surface area (Å²) >= 11 is 0. The molecule has 31 heavy (non-hydrogen) atoms. The maximum absolute atomic E-state index is 12.1. The first-order chi connectivity index (χ1) is 14.2. The highest BCUT2D eigenvalue weighted by Crippen LogP contribution is 2.62. The van der Waals surface area contributed by atoms with Gasteiger partial charge in [0.15, 0.2) is 0 Å². The molecule has 2 unspecified atom stereocenters. The number of phosphoric acid groups is 2. The van der Waals surface area contributed by atoms with Crippen molar-refractivity contribution in [2.75, 3.05) is 18.9 Å². The molecule has 0 saturated carbocycles. The molecule has 0 bridgehead atoms. The standard InChI is InChI=1S/C12H21N4O12P3/c1-2-7-9(17)12(5-13,26-10(7)16-4-3-8(14)15-11(16)18)6-25-29(19)27-31(23,24)28-30(20,21)22/h2-4,7,9-10,17,29H,1,5-6,13H2,(H,23,24)(H2,14,15,18)(H2,20,21,22)/t7-,9+,10-,12-/m1/s1. The zero-order valence-electron chi connectivity index (χ0n) is 15.6. The third kappa shape index (κ3) is 6.39. The Kier molecular flexibility index (Phi) is 8.15. The molecule has 0 aromatic carbocycles. The number of nitrogens with two attached hydrogens (primary N) is 2. The Morgan fingerprint density at radius 2 is 2.06 bits per heavy atom. The Morgan fingerprint density at radius 3 is 2.58 bits per heavy atom. The Bertz CT molecular complexity index is 997. The van der Waals surface area contributed by atoms with Crippen molar-refractivity contribution in [1.82, 2.24) is 9.55 Å². The first kappa shape index (κ1) is 26.0. The first-order valence-electron chi connectivity index (χ1n) is 8.23. The Labute approximate surface area is 175 Å². The summed E-state index contributed by atoms with van der Waals surface area (Å²) in [6, 6.07) is 1.31. The molecule has 0 radical (unpaired) electrons. The van der Waals surface area contributed by atoms with Crippen molar-refractivity contribution < 1.29 is 51.4 Å². The molecule has 2 heterocycles. The number of hydrogen-bond acceptors (Lipinski definition) is 12. The maximum Gasteiger partial charge on any atom is 0.488 e. The lowest BCUT2D eigenvalue weighted by molar-refractivity contribution is -0.117. The Hall–Kier alpha value is -1.25. The van der Waals surface area contributed by atoms with E-state index >= 15 is 0 Å². The van der Waals surface area contributed by atoms with Gasteiger partial charge in [-0.2, -0.15) is 9.29 Å². The summed E-state index contributed by atoms with van der Waals surface area (Å²) in [5, 5.41) is 10.7. The summed E-state index contributed by atoms with van der Waals surface area (Å²) in [5.41, 5.74) is 8.56. The molecule has 0 amide bonds. The largest absolute Gasteiger partial charge is 0.488 e. The first-order valence-corrected chi connectivity index (χ1v) is 12.5. The van der Waals surface area contributed by atoms with Gasteiger partial charge < -0.3 is 40.5 Å². The predicted molar refractivity (Wildman–Crippen MR) is 104 cm³/mol. The van der Waals surface area contributed by atoms with E-state index in [2.05, 4.69) is 20.2 Å². The number of rotatable bonds is 10. The summed E-state index contributed by atoms with van der Waals surface area (Å²) in [5.74, 6) is -0.967. The lowest BCUT2D eigenvalue weighted by atomic mass is 9.90. The van der Waals surface area contributed by atoms with Gasteiger partial charge in [0.05, 0.1) is 18.6 Å². The normalized spacial score (nSPS) is 29.4. The second kappa shape index (κ2) is 9.71. The van der Waals surface area contributed by atoms with Gasteiger partial charge in [-0.05, 0) is 6.07 Å². The van der Waals surface area contributed by atoms with E-state index in [0.717, 1.165) is 4.57 Å². The van der Waals surface area contributed by atoms with Crippen LogP contribution in [-0.2, 0) is 31.6 Å². The molecule has 1 aliphatic rings. The van der Waals surface area contributed by atoms with Gasteiger partial charge in [-0.1, -0.05) is 6.08 Å². The molecule has 1 fully saturated rings. The molecule has 1 saturated heterocycles. The minimum atomic E-state index is -5.44. The quantitative estimate of drug-likeness (QED) is 0.162. The van der Waals surface area contributed by atoms with Gasteiger partial charge >= 0.3 is 29.6 Å². The third-order valence-corrected chi connectivity index (χ3v) is 7.74. The maximum atomic E-state index is 12.1. The van der Waals surface area contributed by atoms with Gasteiger partial charge in [-0.15, -0.1) is 6.58 Å². The van der Waals surface area contributed by atoms with Crippen molar-refractivity contribution in [2.45, 2.75) is 17.9 Å². The van der Waals surface area contributed by atoms with Gasteiger partial charge in [0, 0.05) is 12.7 Å². The van der Waals surface area contributed by atoms with Crippen LogP contribution in [0.2, 0.25) is 0 Å². The van der Waals surface area contributed by atoms with Crippen LogP contribution in [0.25, 0.3) is 0 Å². The summed E-state index contributed by atoms with van der Waals surface area (Å²) in [4.78, 5) is 42.0. The zero-order chi connectivity index (χ0) is 23.6. The smallest absolute Gasteiger partial charge is 0.389 e. The third-order valence-electron chi connectivity index (χ3n) is 4.17. The van der Waals surface area contributed by atoms with Crippen molar-refractivity contribution in [3.05, 3.63) is 35.4 Å². The molecule has 19 heteroatoms. The Balaban J connectivity index is 2.19. The monoisotopic (exact) mass is 506 g/mol. The van der Waals surface area contributed by atoms with Crippen LogP contribution in [-0.4, -0.2) is 54.2 Å². The fraction of sp³-hybridized carbons (Fsp3) is 0.500. The van der Waals surface area contributed by atoms with E-state index in [9.17, 15) is 28.5 Å². The van der Waals surface area contributed by atoms with Crippen LogP contribution in [0.3, 0.4) is 0 Å². The number of anilines is 1. The van der Waals surface area contributed by atoms with Crippen LogP contribution in [0.1, 0.15) is 6.23 Å². The average molecular weight is 506 g/mol. The average Bonchev–Trinajstić information content (AvgIpc) is 2.89. The molecule has 6 atom stereocenters. The number of aliphatic hydroxyl groups is 1. The molecule has 16 nitrogen and oxygen atoms in total. The molecule has 0 aliphatic carbocycles. The van der Waals surface area contributed by atoms with Crippen molar-refractivity contribution in [2.24, 2.45) is 11.7 Å². The fourth-order valence-corrected chi connectivity index (χ4v) is 5.64. The number of aliphatic hydroxyl groups excluding tert-OH is 1. The van der Waals surface area contributed by atoms with Crippen LogP contribution < -0.4 is 17.2 Å². The van der Waals surface area contributed by atoms with Crippen LogP contribution in [0.5, 0.6) is 0 Å². The Morgan fingerprint density at radius 1 is 1.42 bits per heavy atom. The van der Waals surface area contributed by atoms with E-state index in [1.165, 1.54) is 18.3 Å². The minimum Gasteiger partial charge on any atom is -0.389 e. The van der Waals surface area contributed by atoms with E-state index in [4.69, 9.17) is 30.5 Å². The second-order valence-corrected chi connectivity index (χ2v) is 10.3. The van der Waals surface area contributed by atoms with Crippen molar-refractivity contribution in [1.29, 1.82) is 0 Å². The lowest BCUT2D eigenvalue weighted by Crippen LogP contribution is -2.51. The van der Waals surface area contributed by atoms with Gasteiger partial charge in [-0.25, -0.2) is 18.2 Å². The molecular weight excluding hydrogens is 485 g/mol. The topological polar surface area (TPSA) is 256 Å². The van der Waals surface area contributed by atoms with Crippen molar-refractivity contribution in [3.63, 3.8) is 0 Å². The van der Waals surface area contributed by atoms with Gasteiger partial charge in [0.25, 0.3) is 0 Å². The molecule has 1 aromatic heterocycles. The van der Waals surface area contributed by atoms with Crippen LogP contribution in [0.15, 0.2) is 29.7 Å². The van der Waals surface area contributed by atoms with Crippen molar-refractivity contribution in [3.8, 4) is 0 Å². The number of nitrogen functional groups attached to an aromatic ring is 1. The van der Waals surface area contributed by atoms with E-state index in [1.54, 1.807) is 0 Å². The van der Waals surface area contributed by atoms with Gasteiger partial charge in [0.2, 0.25) is 0 Å². The van der Waals surface area contributed by atoms with E-state index in [0.29, 0.717) is 0 Å². The molecular formula is C12H21N4O12P3. The second-order valence-electron chi connectivity index (χ2n) is 6.25. The number of aromatic nitrogens is 2. The molecule has 8 N–H and O–H groups in total. The summed E-state index contributed by atoms with van der Waals surface area (Å²) in [7, 11) is -14.8. The number of nitrogens with zero attached hydrogens (tertiary/aromatic N) is 2. The summed E-state index contributed by atoms with van der Waals surface area (Å²) in [6.07, 6.45) is -0.0680. The van der Waals surface area contributed by atoms with E-state index in [1.807, 2.05) is 0 Å². The number of hydrogen-bond donors (Lipinski definition) is 6. The molecule has 0 spiro atoms. The minimum absolute atomic E-state index is 0.0509. The highest BCUT2D eigenvalue weighted by Gasteiger charge is 2.54. The highest BCUT2D eigenvalue weighted by molar-refractivity contribution is 7.64. The lowest BCUT2D eigenvalue weighted by Gasteiger charge is -2.30. The van der Waals surface area contributed by atoms with Crippen LogP contribution in [0, 0.1) is 5.92 Å². The molecule has 1 aromatic rings. The predicted octanol–water partition coefficient (Wildman–Crippen LogP) is -1.15. The SMILES string of the molecule is C=C[C@H]1[C@H](n2ccc(N)nc2=O)O[C@](CN)(CO[PH](=O)OP(=O)(O)OP(=O)(O)O)[C@H]1O. The molecule has 176 valence electrons. The molecule has 2 rings (SSSR count). The van der Waals surface area contributed by atoms with E-state index in [-0.39, 0.29) is 5.82 Å². The van der Waals surface area contributed by atoms with Crippen molar-refractivity contribution >= 4 is 29.7 Å². The highest BCUT2D eigenvalue weighted by atomic mass is 31.3. The van der Waals surface area contributed by atoms with Gasteiger partial charge in [-0.3, -0.25) is 9.13 Å². The van der Waals surface area contributed by atoms with Gasteiger partial charge in [0.1, 0.15) is 17.6 Å². The van der Waals surface area contributed by atoms with Crippen LogP contribution in [0.4, 0.5) is 5.82 Å².